The average molecular weight is 290 g/mol. The highest BCUT2D eigenvalue weighted by Gasteiger charge is 2.12. The molecule has 0 fully saturated rings. The summed E-state index contributed by atoms with van der Waals surface area (Å²) in [7, 11) is 0. The normalized spacial score (nSPS) is 14.8. The van der Waals surface area contributed by atoms with E-state index < -0.39 is 0 Å². The number of fused-ring (bicyclic) bond motifs is 3. The van der Waals surface area contributed by atoms with Crippen LogP contribution in [0, 0.1) is 13.8 Å². The van der Waals surface area contributed by atoms with E-state index in [1.54, 1.807) is 0 Å². The highest BCUT2D eigenvalue weighted by atomic mass is 15.0. The van der Waals surface area contributed by atoms with E-state index in [1.165, 1.54) is 38.9 Å². The molecule has 2 nitrogen and oxygen atoms in total. The maximum Gasteiger partial charge on any atom is 0.0489 e. The van der Waals surface area contributed by atoms with Crippen molar-refractivity contribution >= 4 is 10.9 Å². The minimum Gasteiger partial charge on any atom is -0.343 e. The molecule has 1 aliphatic heterocycles. The summed E-state index contributed by atoms with van der Waals surface area (Å²) in [6, 6.07) is 16.0. The molecule has 112 valence electrons. The molecule has 1 aliphatic rings. The number of hydrogen-bond donors (Lipinski definition) is 1. The van der Waals surface area contributed by atoms with Crippen LogP contribution in [-0.4, -0.2) is 17.7 Å². The van der Waals surface area contributed by atoms with Crippen molar-refractivity contribution in [1.29, 1.82) is 0 Å². The first-order chi connectivity index (χ1) is 10.7. The van der Waals surface area contributed by atoms with Gasteiger partial charge < -0.3 is 9.88 Å². The minimum atomic E-state index is 1.06. The van der Waals surface area contributed by atoms with Crippen LogP contribution >= 0.6 is 0 Å². The summed E-state index contributed by atoms with van der Waals surface area (Å²) in [5.74, 6) is 0. The van der Waals surface area contributed by atoms with Gasteiger partial charge in [-0.25, -0.2) is 0 Å². The molecule has 1 aromatic heterocycles. The lowest BCUT2D eigenvalue weighted by atomic mass is 9.98. The average Bonchev–Trinajstić information content (AvgIpc) is 2.68. The SMILES string of the molecule is Cc1ccc(-c2ccc3cc4n(c3c2)CCNCC4)c(C)c1. The quantitative estimate of drug-likeness (QED) is 0.715. The first-order valence-electron chi connectivity index (χ1n) is 8.13. The van der Waals surface area contributed by atoms with Crippen molar-refractivity contribution in [1.82, 2.24) is 9.88 Å². The molecule has 0 atom stereocenters. The van der Waals surface area contributed by atoms with Crippen molar-refractivity contribution in [2.75, 3.05) is 13.1 Å². The molecule has 0 aliphatic carbocycles. The number of benzene rings is 2. The van der Waals surface area contributed by atoms with Crippen LogP contribution < -0.4 is 5.32 Å². The van der Waals surface area contributed by atoms with E-state index in [1.807, 2.05) is 0 Å². The Kier molecular flexibility index (Phi) is 3.27. The van der Waals surface area contributed by atoms with E-state index in [2.05, 4.69) is 66.2 Å². The standard InChI is InChI=1S/C20H22N2/c1-14-3-6-19(15(2)11-14)16-4-5-17-12-18-7-8-21-9-10-22(18)20(17)13-16/h3-6,11-13,21H,7-10H2,1-2H3. The molecule has 2 aromatic carbocycles. The molecule has 22 heavy (non-hydrogen) atoms. The van der Waals surface area contributed by atoms with Gasteiger partial charge in [0.2, 0.25) is 0 Å². The van der Waals surface area contributed by atoms with Crippen LogP contribution in [0.25, 0.3) is 22.0 Å². The Balaban J connectivity index is 1.88. The van der Waals surface area contributed by atoms with E-state index in [0.29, 0.717) is 0 Å². The van der Waals surface area contributed by atoms with Gasteiger partial charge in [0.25, 0.3) is 0 Å². The van der Waals surface area contributed by atoms with Crippen LogP contribution in [0.3, 0.4) is 0 Å². The Hall–Kier alpha value is -2.06. The highest BCUT2D eigenvalue weighted by Crippen LogP contribution is 2.29. The Morgan fingerprint density at radius 1 is 0.955 bits per heavy atom. The molecule has 0 spiro atoms. The Morgan fingerprint density at radius 3 is 2.73 bits per heavy atom. The van der Waals surface area contributed by atoms with E-state index in [0.717, 1.165) is 26.1 Å². The molecule has 1 N–H and O–H groups in total. The van der Waals surface area contributed by atoms with Crippen LogP contribution in [0.1, 0.15) is 16.8 Å². The van der Waals surface area contributed by atoms with Crippen molar-refractivity contribution in [2.24, 2.45) is 0 Å². The van der Waals surface area contributed by atoms with Crippen molar-refractivity contribution < 1.29 is 0 Å². The van der Waals surface area contributed by atoms with Gasteiger partial charge in [0.15, 0.2) is 0 Å². The third-order valence-electron chi connectivity index (χ3n) is 4.75. The van der Waals surface area contributed by atoms with Crippen molar-refractivity contribution in [2.45, 2.75) is 26.8 Å². The fourth-order valence-corrected chi connectivity index (χ4v) is 3.62. The predicted octanol–water partition coefficient (Wildman–Crippen LogP) is 4.07. The maximum absolute atomic E-state index is 3.49. The second kappa shape index (κ2) is 5.29. The fourth-order valence-electron chi connectivity index (χ4n) is 3.62. The number of nitrogens with one attached hydrogen (secondary N) is 1. The van der Waals surface area contributed by atoms with Gasteiger partial charge >= 0.3 is 0 Å². The van der Waals surface area contributed by atoms with Gasteiger partial charge in [0.05, 0.1) is 0 Å². The summed E-state index contributed by atoms with van der Waals surface area (Å²) < 4.78 is 2.49. The monoisotopic (exact) mass is 290 g/mol. The molecule has 2 heteroatoms. The molecule has 0 saturated carbocycles. The zero-order valence-electron chi connectivity index (χ0n) is 13.3. The largest absolute Gasteiger partial charge is 0.343 e. The minimum absolute atomic E-state index is 1.06. The molecule has 0 unspecified atom stereocenters. The maximum atomic E-state index is 3.49. The van der Waals surface area contributed by atoms with E-state index >= 15 is 0 Å². The number of aromatic nitrogens is 1. The van der Waals surface area contributed by atoms with Crippen molar-refractivity contribution in [3.63, 3.8) is 0 Å². The van der Waals surface area contributed by atoms with Gasteiger partial charge in [-0.1, -0.05) is 35.9 Å². The molecule has 0 bridgehead atoms. The van der Waals surface area contributed by atoms with E-state index in [4.69, 9.17) is 0 Å². The summed E-state index contributed by atoms with van der Waals surface area (Å²) in [5, 5.41) is 4.85. The van der Waals surface area contributed by atoms with Gasteiger partial charge in [-0.15, -0.1) is 0 Å². The molecule has 0 saturated heterocycles. The van der Waals surface area contributed by atoms with Gasteiger partial charge in [-0.05, 0) is 48.1 Å². The Morgan fingerprint density at radius 2 is 1.86 bits per heavy atom. The van der Waals surface area contributed by atoms with E-state index in [-0.39, 0.29) is 0 Å². The third kappa shape index (κ3) is 2.24. The smallest absolute Gasteiger partial charge is 0.0489 e. The molecule has 0 amide bonds. The summed E-state index contributed by atoms with van der Waals surface area (Å²) in [5.41, 5.74) is 8.17. The first kappa shape index (κ1) is 13.6. The summed E-state index contributed by atoms with van der Waals surface area (Å²) >= 11 is 0. The molecule has 2 heterocycles. The van der Waals surface area contributed by atoms with Crippen LogP contribution in [0.4, 0.5) is 0 Å². The van der Waals surface area contributed by atoms with E-state index in [9.17, 15) is 0 Å². The zero-order chi connectivity index (χ0) is 15.1. The summed E-state index contributed by atoms with van der Waals surface area (Å²) in [6.07, 6.45) is 1.12. The molecule has 4 rings (SSSR count). The van der Waals surface area contributed by atoms with Gasteiger partial charge in [-0.3, -0.25) is 0 Å². The first-order valence-corrected chi connectivity index (χ1v) is 8.13. The highest BCUT2D eigenvalue weighted by molar-refractivity contribution is 5.87. The molecule has 3 aromatic rings. The lowest BCUT2D eigenvalue weighted by Crippen LogP contribution is -2.17. The lowest BCUT2D eigenvalue weighted by molar-refractivity contribution is 0.658. The summed E-state index contributed by atoms with van der Waals surface area (Å²) in [6.45, 7) is 7.56. The van der Waals surface area contributed by atoms with Crippen molar-refractivity contribution in [3.05, 3.63) is 59.3 Å². The number of rotatable bonds is 1. The van der Waals surface area contributed by atoms with Crippen LogP contribution in [0.15, 0.2) is 42.5 Å². The molecular weight excluding hydrogens is 268 g/mol. The van der Waals surface area contributed by atoms with Gasteiger partial charge in [0.1, 0.15) is 0 Å². The van der Waals surface area contributed by atoms with Gasteiger partial charge in [0, 0.05) is 37.3 Å². The molecular formula is C20H22N2. The fraction of sp³-hybridized carbons (Fsp3) is 0.300. The second-order valence-electron chi connectivity index (χ2n) is 6.38. The lowest BCUT2D eigenvalue weighted by Gasteiger charge is -2.10. The number of hydrogen-bond acceptors (Lipinski definition) is 1. The third-order valence-corrected chi connectivity index (χ3v) is 4.75. The zero-order valence-corrected chi connectivity index (χ0v) is 13.3. The molecule has 0 radical (unpaired) electrons. The van der Waals surface area contributed by atoms with Gasteiger partial charge in [-0.2, -0.15) is 0 Å². The number of aryl methyl sites for hydroxylation is 2. The van der Waals surface area contributed by atoms with Crippen molar-refractivity contribution in [3.8, 4) is 11.1 Å². The topological polar surface area (TPSA) is 17.0 Å². The summed E-state index contributed by atoms with van der Waals surface area (Å²) in [4.78, 5) is 0. The van der Waals surface area contributed by atoms with Crippen LogP contribution in [-0.2, 0) is 13.0 Å². The number of nitrogens with zero attached hydrogens (tertiary/aromatic N) is 1. The van der Waals surface area contributed by atoms with Crippen LogP contribution in [0.2, 0.25) is 0 Å². The van der Waals surface area contributed by atoms with Crippen LogP contribution in [0.5, 0.6) is 0 Å². The predicted molar refractivity (Wildman–Crippen MR) is 93.4 cm³/mol. The Bertz CT molecular complexity index is 842. The second-order valence-corrected chi connectivity index (χ2v) is 6.38. The Labute approximate surface area is 131 Å².